The molecule has 2 aromatic carbocycles. The van der Waals surface area contributed by atoms with E-state index in [-0.39, 0.29) is 16.5 Å². The van der Waals surface area contributed by atoms with Crippen molar-refractivity contribution in [2.45, 2.75) is 26.6 Å². The number of hydrogen-bond donors (Lipinski definition) is 1. The van der Waals surface area contributed by atoms with Crippen molar-refractivity contribution in [1.29, 1.82) is 0 Å². The Morgan fingerprint density at radius 3 is 2.55 bits per heavy atom. The van der Waals surface area contributed by atoms with Crippen LogP contribution in [0.1, 0.15) is 24.2 Å². The Labute approximate surface area is 171 Å². The Hall–Kier alpha value is -3.26. The van der Waals surface area contributed by atoms with Crippen LogP contribution in [0, 0.1) is 5.92 Å². The van der Waals surface area contributed by atoms with Gasteiger partial charge >= 0.3 is 5.97 Å². The van der Waals surface area contributed by atoms with E-state index in [1.54, 1.807) is 62.4 Å². The van der Waals surface area contributed by atoms with E-state index in [2.05, 4.69) is 15.6 Å². The number of esters is 1. The number of halogens is 1. The molecular weight excluding hydrogens is 396 g/mol. The lowest BCUT2D eigenvalue weighted by atomic mass is 10.0. The summed E-state index contributed by atoms with van der Waals surface area (Å²) >= 11 is 6.04. The predicted molar refractivity (Wildman–Crippen MR) is 107 cm³/mol. The van der Waals surface area contributed by atoms with E-state index in [0.717, 1.165) is 4.68 Å². The number of nitrogens with zero attached hydrogens (tertiary/aromatic N) is 3. The molecule has 0 aliphatic rings. The molecule has 0 saturated carbocycles. The molecule has 0 spiro atoms. The fraction of sp³-hybridized carbons (Fsp3) is 0.250. The Morgan fingerprint density at radius 1 is 1.14 bits per heavy atom. The first-order valence-corrected chi connectivity index (χ1v) is 9.31. The van der Waals surface area contributed by atoms with Crippen LogP contribution in [0.3, 0.4) is 0 Å². The van der Waals surface area contributed by atoms with Gasteiger partial charge in [0.2, 0.25) is 0 Å². The van der Waals surface area contributed by atoms with Gasteiger partial charge in [0.15, 0.2) is 6.73 Å². The number of fused-ring (bicyclic) bond motifs is 1. The van der Waals surface area contributed by atoms with Gasteiger partial charge < -0.3 is 10.1 Å². The Morgan fingerprint density at radius 2 is 1.83 bits per heavy atom. The first-order chi connectivity index (χ1) is 13.9. The van der Waals surface area contributed by atoms with Crippen molar-refractivity contribution in [3.8, 4) is 0 Å². The van der Waals surface area contributed by atoms with Gasteiger partial charge in [-0.25, -0.2) is 4.79 Å². The van der Waals surface area contributed by atoms with Gasteiger partial charge in [-0.1, -0.05) is 54.9 Å². The lowest BCUT2D eigenvalue weighted by Gasteiger charge is -2.21. The van der Waals surface area contributed by atoms with Crippen LogP contribution in [0.5, 0.6) is 0 Å². The van der Waals surface area contributed by atoms with Gasteiger partial charge in [0.1, 0.15) is 11.6 Å². The lowest BCUT2D eigenvalue weighted by molar-refractivity contribution is -0.151. The van der Waals surface area contributed by atoms with E-state index in [4.69, 9.17) is 16.3 Å². The Balaban J connectivity index is 1.72. The van der Waals surface area contributed by atoms with Crippen molar-refractivity contribution in [3.63, 3.8) is 0 Å². The second-order valence-corrected chi connectivity index (χ2v) is 7.09. The molecule has 8 nitrogen and oxygen atoms in total. The number of rotatable bonds is 6. The van der Waals surface area contributed by atoms with Gasteiger partial charge in [0.25, 0.3) is 11.5 Å². The minimum atomic E-state index is -0.928. The second-order valence-electron chi connectivity index (χ2n) is 6.68. The maximum Gasteiger partial charge on any atom is 0.330 e. The minimum absolute atomic E-state index is 0.254. The minimum Gasteiger partial charge on any atom is -0.441 e. The highest BCUT2D eigenvalue weighted by atomic mass is 35.5. The number of amides is 1. The molecule has 0 aliphatic heterocycles. The van der Waals surface area contributed by atoms with Crippen molar-refractivity contribution in [1.82, 2.24) is 20.3 Å². The van der Waals surface area contributed by atoms with Gasteiger partial charge in [-0.15, -0.1) is 5.10 Å². The molecule has 0 radical (unpaired) electrons. The first kappa shape index (κ1) is 20.5. The number of carbonyl (C=O) groups is 2. The van der Waals surface area contributed by atoms with Gasteiger partial charge in [-0.3, -0.25) is 9.59 Å². The van der Waals surface area contributed by atoms with Crippen molar-refractivity contribution < 1.29 is 14.3 Å². The van der Waals surface area contributed by atoms with E-state index in [1.165, 1.54) is 0 Å². The van der Waals surface area contributed by atoms with E-state index in [1.807, 2.05) is 0 Å². The largest absolute Gasteiger partial charge is 0.441 e. The maximum absolute atomic E-state index is 12.6. The molecule has 3 aromatic rings. The summed E-state index contributed by atoms with van der Waals surface area (Å²) in [5.74, 6) is -1.44. The van der Waals surface area contributed by atoms with Crippen LogP contribution in [-0.2, 0) is 16.3 Å². The summed E-state index contributed by atoms with van der Waals surface area (Å²) in [7, 11) is 0. The molecule has 1 aromatic heterocycles. The van der Waals surface area contributed by atoms with E-state index in [0.29, 0.717) is 10.9 Å². The summed E-state index contributed by atoms with van der Waals surface area (Å²) in [6, 6.07) is 12.3. The molecule has 9 heteroatoms. The Kier molecular flexibility index (Phi) is 6.23. The molecule has 1 amide bonds. The highest BCUT2D eigenvalue weighted by molar-refractivity contribution is 6.33. The average Bonchev–Trinajstić information content (AvgIpc) is 2.71. The zero-order chi connectivity index (χ0) is 21.0. The second kappa shape index (κ2) is 8.83. The van der Waals surface area contributed by atoms with Crippen molar-refractivity contribution in [2.75, 3.05) is 0 Å². The fourth-order valence-corrected chi connectivity index (χ4v) is 2.91. The number of benzene rings is 2. The van der Waals surface area contributed by atoms with Crippen LogP contribution in [0.15, 0.2) is 53.3 Å². The average molecular weight is 415 g/mol. The maximum atomic E-state index is 12.6. The van der Waals surface area contributed by atoms with Crippen LogP contribution >= 0.6 is 11.6 Å². The normalized spacial score (nSPS) is 12.0. The van der Waals surface area contributed by atoms with Crippen molar-refractivity contribution >= 4 is 34.4 Å². The Bertz CT molecular complexity index is 1110. The molecule has 3 rings (SSSR count). The molecule has 0 fully saturated rings. The highest BCUT2D eigenvalue weighted by Crippen LogP contribution is 2.16. The molecule has 1 atom stereocenters. The zero-order valence-electron chi connectivity index (χ0n) is 15.8. The van der Waals surface area contributed by atoms with Crippen LogP contribution in [0.25, 0.3) is 10.9 Å². The standard InChI is InChI=1S/C20H19ClN4O4/c1-12(2)17(22-18(26)13-7-3-5-9-15(13)21)20(28)29-11-25-19(27)14-8-4-6-10-16(14)23-24-25/h3-10,12,17H,11H2,1-2H3,(H,22,26). The summed E-state index contributed by atoms with van der Waals surface area (Å²) in [5.41, 5.74) is 0.279. The number of nitrogens with one attached hydrogen (secondary N) is 1. The molecule has 29 heavy (non-hydrogen) atoms. The molecule has 0 saturated heterocycles. The quantitative estimate of drug-likeness (QED) is 0.621. The SMILES string of the molecule is CC(C)C(NC(=O)c1ccccc1Cl)C(=O)OCn1nnc2ccccc2c1=O. The fourth-order valence-electron chi connectivity index (χ4n) is 2.68. The van der Waals surface area contributed by atoms with Crippen molar-refractivity contribution in [2.24, 2.45) is 5.92 Å². The van der Waals surface area contributed by atoms with Crippen LogP contribution in [0.4, 0.5) is 0 Å². The highest BCUT2D eigenvalue weighted by Gasteiger charge is 2.27. The molecule has 0 bridgehead atoms. The number of aromatic nitrogens is 3. The summed E-state index contributed by atoms with van der Waals surface area (Å²) in [6.07, 6.45) is 0. The van der Waals surface area contributed by atoms with Gasteiger partial charge in [0.05, 0.1) is 16.0 Å². The van der Waals surface area contributed by atoms with Gasteiger partial charge in [-0.05, 0) is 30.2 Å². The third kappa shape index (κ3) is 4.60. The summed E-state index contributed by atoms with van der Waals surface area (Å²) in [6.45, 7) is 3.11. The third-order valence-corrected chi connectivity index (χ3v) is 4.61. The van der Waals surface area contributed by atoms with Gasteiger partial charge in [-0.2, -0.15) is 4.68 Å². The molecule has 150 valence electrons. The predicted octanol–water partition coefficient (Wildman–Crippen LogP) is 2.40. The van der Waals surface area contributed by atoms with E-state index in [9.17, 15) is 14.4 Å². The number of ether oxygens (including phenoxy) is 1. The zero-order valence-corrected chi connectivity index (χ0v) is 16.6. The topological polar surface area (TPSA) is 103 Å². The molecule has 1 unspecified atom stereocenters. The summed E-state index contributed by atoms with van der Waals surface area (Å²) in [5, 5.41) is 11.0. The number of hydrogen-bond acceptors (Lipinski definition) is 6. The summed E-state index contributed by atoms with van der Waals surface area (Å²) < 4.78 is 6.17. The molecule has 1 heterocycles. The monoisotopic (exact) mass is 414 g/mol. The molecule has 1 N–H and O–H groups in total. The molecule has 0 aliphatic carbocycles. The number of carbonyl (C=O) groups excluding carboxylic acids is 2. The van der Waals surface area contributed by atoms with Crippen LogP contribution in [0.2, 0.25) is 5.02 Å². The van der Waals surface area contributed by atoms with Crippen LogP contribution < -0.4 is 10.9 Å². The van der Waals surface area contributed by atoms with E-state index < -0.39 is 30.2 Å². The summed E-state index contributed by atoms with van der Waals surface area (Å²) in [4.78, 5) is 37.5. The van der Waals surface area contributed by atoms with Gasteiger partial charge in [0, 0.05) is 0 Å². The first-order valence-electron chi connectivity index (χ1n) is 8.93. The third-order valence-electron chi connectivity index (χ3n) is 4.28. The van der Waals surface area contributed by atoms with Crippen molar-refractivity contribution in [3.05, 3.63) is 69.5 Å². The van der Waals surface area contributed by atoms with Crippen LogP contribution in [-0.4, -0.2) is 32.9 Å². The van der Waals surface area contributed by atoms with E-state index >= 15 is 0 Å². The smallest absolute Gasteiger partial charge is 0.330 e. The lowest BCUT2D eigenvalue weighted by Crippen LogP contribution is -2.45. The molecular formula is C20H19ClN4O4.